The first-order valence-corrected chi connectivity index (χ1v) is 9.80. The van der Waals surface area contributed by atoms with Gasteiger partial charge in [-0.3, -0.25) is 4.79 Å². The van der Waals surface area contributed by atoms with Gasteiger partial charge in [0.15, 0.2) is 5.78 Å². The van der Waals surface area contributed by atoms with Crippen LogP contribution in [0, 0.1) is 19.8 Å². The molecular formula is C21H23BrN2O3. The van der Waals surface area contributed by atoms with E-state index in [4.69, 9.17) is 0 Å². The fourth-order valence-corrected chi connectivity index (χ4v) is 4.19. The van der Waals surface area contributed by atoms with Gasteiger partial charge in [0.25, 0.3) is 0 Å². The van der Waals surface area contributed by atoms with Crippen molar-refractivity contribution in [2.75, 3.05) is 18.4 Å². The van der Waals surface area contributed by atoms with Gasteiger partial charge >= 0.3 is 6.03 Å². The van der Waals surface area contributed by atoms with Gasteiger partial charge in [-0.05, 0) is 74.2 Å². The van der Waals surface area contributed by atoms with E-state index in [-0.39, 0.29) is 23.5 Å². The average Bonchev–Trinajstić information content (AvgIpc) is 2.64. The van der Waals surface area contributed by atoms with E-state index in [1.54, 1.807) is 17.0 Å². The van der Waals surface area contributed by atoms with Gasteiger partial charge in [-0.15, -0.1) is 0 Å². The van der Waals surface area contributed by atoms with Crippen molar-refractivity contribution in [3.63, 3.8) is 0 Å². The van der Waals surface area contributed by atoms with Crippen molar-refractivity contribution < 1.29 is 14.7 Å². The number of nitrogens with one attached hydrogen (secondary N) is 1. The fraction of sp³-hybridized carbons (Fsp3) is 0.333. The Bertz CT molecular complexity index is 833. The van der Waals surface area contributed by atoms with Crippen molar-refractivity contribution in [3.05, 3.63) is 57.6 Å². The summed E-state index contributed by atoms with van der Waals surface area (Å²) < 4.78 is 0.990. The predicted molar refractivity (Wildman–Crippen MR) is 109 cm³/mol. The van der Waals surface area contributed by atoms with Crippen LogP contribution in [0.2, 0.25) is 0 Å². The fourth-order valence-electron chi connectivity index (χ4n) is 3.50. The molecule has 2 N–H and O–H groups in total. The Morgan fingerprint density at radius 2 is 1.63 bits per heavy atom. The second-order valence-corrected chi connectivity index (χ2v) is 7.93. The topological polar surface area (TPSA) is 69.6 Å². The molecule has 2 amide bonds. The normalized spacial score (nSPS) is 14.9. The molecule has 1 aliphatic heterocycles. The first-order valence-electron chi connectivity index (χ1n) is 9.01. The first kappa shape index (κ1) is 19.4. The van der Waals surface area contributed by atoms with Gasteiger partial charge in [0, 0.05) is 34.7 Å². The van der Waals surface area contributed by atoms with Gasteiger partial charge in [-0.1, -0.05) is 15.9 Å². The maximum atomic E-state index is 12.6. The number of likely N-dealkylation sites (tertiary alicyclic amines) is 1. The standard InChI is InChI=1S/C21H23BrN2O3/c1-13-11-17(22)12-14(2)19(13)23-21(27)24-9-7-16(8-10-24)20(26)15-3-5-18(25)6-4-15/h3-6,11-12,16,25H,7-10H2,1-2H3,(H,23,27). The Kier molecular flexibility index (Phi) is 5.85. The minimum Gasteiger partial charge on any atom is -0.508 e. The van der Waals surface area contributed by atoms with Gasteiger partial charge in [0.1, 0.15) is 5.75 Å². The number of rotatable bonds is 3. The molecule has 1 fully saturated rings. The third-order valence-corrected chi connectivity index (χ3v) is 5.49. The Labute approximate surface area is 167 Å². The largest absolute Gasteiger partial charge is 0.508 e. The zero-order valence-corrected chi connectivity index (χ0v) is 17.0. The van der Waals surface area contributed by atoms with Crippen molar-refractivity contribution in [3.8, 4) is 5.75 Å². The number of hydrogen-bond acceptors (Lipinski definition) is 3. The molecule has 1 aliphatic rings. The van der Waals surface area contributed by atoms with Crippen LogP contribution in [0.5, 0.6) is 5.75 Å². The van der Waals surface area contributed by atoms with Crippen LogP contribution in [0.1, 0.15) is 34.3 Å². The second kappa shape index (κ2) is 8.13. The van der Waals surface area contributed by atoms with Crippen molar-refractivity contribution >= 4 is 33.4 Å². The van der Waals surface area contributed by atoms with E-state index in [2.05, 4.69) is 21.2 Å². The molecule has 0 atom stereocenters. The van der Waals surface area contributed by atoms with E-state index in [0.717, 1.165) is 21.3 Å². The number of urea groups is 1. The summed E-state index contributed by atoms with van der Waals surface area (Å²) in [4.78, 5) is 27.0. The number of anilines is 1. The molecule has 0 spiro atoms. The lowest BCUT2D eigenvalue weighted by molar-refractivity contribution is 0.0859. The number of carbonyl (C=O) groups excluding carboxylic acids is 2. The van der Waals surface area contributed by atoms with Crippen LogP contribution in [0.25, 0.3) is 0 Å². The number of aromatic hydroxyl groups is 1. The minimum atomic E-state index is -0.126. The number of hydrogen-bond donors (Lipinski definition) is 2. The van der Waals surface area contributed by atoms with E-state index >= 15 is 0 Å². The van der Waals surface area contributed by atoms with Crippen LogP contribution in [-0.2, 0) is 0 Å². The van der Waals surface area contributed by atoms with E-state index in [9.17, 15) is 14.7 Å². The van der Waals surface area contributed by atoms with Crippen LogP contribution in [-0.4, -0.2) is 34.9 Å². The number of piperidine rings is 1. The molecule has 2 aromatic rings. The molecule has 2 aromatic carbocycles. The summed E-state index contributed by atoms with van der Waals surface area (Å²) in [7, 11) is 0. The minimum absolute atomic E-state index is 0.0784. The first-order chi connectivity index (χ1) is 12.8. The van der Waals surface area contributed by atoms with E-state index in [0.29, 0.717) is 31.5 Å². The molecule has 0 aliphatic carbocycles. The molecule has 1 heterocycles. The van der Waals surface area contributed by atoms with Gasteiger partial charge in [0.05, 0.1) is 0 Å². The summed E-state index contributed by atoms with van der Waals surface area (Å²) in [5.41, 5.74) is 3.46. The van der Waals surface area contributed by atoms with Crippen LogP contribution >= 0.6 is 15.9 Å². The number of ketones is 1. The molecule has 1 saturated heterocycles. The third-order valence-electron chi connectivity index (χ3n) is 5.03. The number of benzene rings is 2. The summed E-state index contributed by atoms with van der Waals surface area (Å²) in [5, 5.41) is 12.4. The van der Waals surface area contributed by atoms with E-state index in [1.165, 1.54) is 12.1 Å². The van der Waals surface area contributed by atoms with Gasteiger partial charge < -0.3 is 15.3 Å². The number of carbonyl (C=O) groups is 2. The Morgan fingerprint density at radius 1 is 1.07 bits per heavy atom. The average molecular weight is 431 g/mol. The molecule has 0 aromatic heterocycles. The van der Waals surface area contributed by atoms with E-state index in [1.807, 2.05) is 26.0 Å². The van der Waals surface area contributed by atoms with Crippen molar-refractivity contribution in [2.45, 2.75) is 26.7 Å². The zero-order chi connectivity index (χ0) is 19.6. The summed E-state index contributed by atoms with van der Waals surface area (Å²) in [5.74, 6) is 0.140. The molecule has 0 saturated carbocycles. The monoisotopic (exact) mass is 430 g/mol. The van der Waals surface area contributed by atoms with Gasteiger partial charge in [-0.25, -0.2) is 4.79 Å². The predicted octanol–water partition coefficient (Wildman–Crippen LogP) is 4.90. The number of Topliss-reactive ketones (excluding diaryl/α,β-unsaturated/α-hetero) is 1. The lowest BCUT2D eigenvalue weighted by Crippen LogP contribution is -2.42. The Hall–Kier alpha value is -2.34. The summed E-state index contributed by atoms with van der Waals surface area (Å²) in [6, 6.07) is 10.2. The molecular weight excluding hydrogens is 408 g/mol. The second-order valence-electron chi connectivity index (χ2n) is 7.02. The van der Waals surface area contributed by atoms with Crippen molar-refractivity contribution in [2.24, 2.45) is 5.92 Å². The van der Waals surface area contributed by atoms with E-state index < -0.39 is 0 Å². The molecule has 27 heavy (non-hydrogen) atoms. The smallest absolute Gasteiger partial charge is 0.321 e. The quantitative estimate of drug-likeness (QED) is 0.680. The Balaban J connectivity index is 1.59. The number of amides is 2. The Morgan fingerprint density at radius 3 is 2.19 bits per heavy atom. The van der Waals surface area contributed by atoms with Gasteiger partial charge in [0.2, 0.25) is 0 Å². The highest BCUT2D eigenvalue weighted by atomic mass is 79.9. The molecule has 0 bridgehead atoms. The van der Waals surface area contributed by atoms with Crippen LogP contribution < -0.4 is 5.32 Å². The number of phenols is 1. The maximum Gasteiger partial charge on any atom is 0.321 e. The lowest BCUT2D eigenvalue weighted by Gasteiger charge is -2.31. The molecule has 142 valence electrons. The van der Waals surface area contributed by atoms with Crippen LogP contribution in [0.3, 0.4) is 0 Å². The third kappa shape index (κ3) is 4.50. The highest BCUT2D eigenvalue weighted by Crippen LogP contribution is 2.27. The molecule has 0 radical (unpaired) electrons. The summed E-state index contributed by atoms with van der Waals surface area (Å²) in [6.07, 6.45) is 1.29. The van der Waals surface area contributed by atoms with Crippen molar-refractivity contribution in [1.29, 1.82) is 0 Å². The SMILES string of the molecule is Cc1cc(Br)cc(C)c1NC(=O)N1CCC(C(=O)c2ccc(O)cc2)CC1. The zero-order valence-electron chi connectivity index (χ0n) is 15.5. The van der Waals surface area contributed by atoms with Gasteiger partial charge in [-0.2, -0.15) is 0 Å². The number of aryl methyl sites for hydroxylation is 2. The molecule has 5 nitrogen and oxygen atoms in total. The maximum absolute atomic E-state index is 12.6. The molecule has 0 unspecified atom stereocenters. The number of phenolic OH excluding ortho intramolecular Hbond substituents is 1. The summed E-state index contributed by atoms with van der Waals surface area (Å²) in [6.45, 7) is 5.04. The summed E-state index contributed by atoms with van der Waals surface area (Å²) >= 11 is 3.46. The molecule has 6 heteroatoms. The van der Waals surface area contributed by atoms with Crippen molar-refractivity contribution in [1.82, 2.24) is 4.90 Å². The highest BCUT2D eigenvalue weighted by Gasteiger charge is 2.28. The number of nitrogens with zero attached hydrogens (tertiary/aromatic N) is 1. The lowest BCUT2D eigenvalue weighted by atomic mass is 9.89. The number of halogens is 1. The van der Waals surface area contributed by atoms with Crippen LogP contribution in [0.15, 0.2) is 40.9 Å². The van der Waals surface area contributed by atoms with Crippen LogP contribution in [0.4, 0.5) is 10.5 Å². The highest BCUT2D eigenvalue weighted by molar-refractivity contribution is 9.10. The molecule has 3 rings (SSSR count).